The van der Waals surface area contributed by atoms with Gasteiger partial charge in [-0.15, -0.1) is 10.2 Å². The van der Waals surface area contributed by atoms with E-state index in [0.717, 1.165) is 24.7 Å². The van der Waals surface area contributed by atoms with Crippen molar-refractivity contribution in [3.8, 4) is 0 Å². The van der Waals surface area contributed by atoms with Crippen molar-refractivity contribution in [1.82, 2.24) is 14.6 Å². The lowest BCUT2D eigenvalue weighted by Crippen LogP contribution is -2.24. The number of aromatic nitrogens is 3. The standard InChI is InChI=1S/C18H20N4/c1-18(2)13-21(12-15(18)14-8-4-3-5-9-14)17-20-19-16-10-6-7-11-22(16)17/h3-11,15H,12-13H2,1-2H3/t15-/m1/s1. The van der Waals surface area contributed by atoms with Crippen LogP contribution in [-0.4, -0.2) is 27.7 Å². The summed E-state index contributed by atoms with van der Waals surface area (Å²) >= 11 is 0. The minimum atomic E-state index is 0.210. The van der Waals surface area contributed by atoms with E-state index in [1.165, 1.54) is 5.56 Å². The minimum absolute atomic E-state index is 0.210. The van der Waals surface area contributed by atoms with Crippen LogP contribution in [0.15, 0.2) is 54.7 Å². The Balaban J connectivity index is 1.71. The molecule has 0 radical (unpaired) electrons. The molecule has 112 valence electrons. The molecule has 4 nitrogen and oxygen atoms in total. The quantitative estimate of drug-likeness (QED) is 0.726. The molecule has 0 amide bonds. The largest absolute Gasteiger partial charge is 0.339 e. The maximum absolute atomic E-state index is 4.41. The van der Waals surface area contributed by atoms with E-state index in [-0.39, 0.29) is 5.41 Å². The average Bonchev–Trinajstić information content (AvgIpc) is 3.08. The summed E-state index contributed by atoms with van der Waals surface area (Å²) in [6, 6.07) is 16.8. The molecule has 1 atom stereocenters. The molecule has 1 saturated heterocycles. The zero-order chi connectivity index (χ0) is 15.2. The summed E-state index contributed by atoms with van der Waals surface area (Å²) in [4.78, 5) is 2.36. The molecule has 1 aliphatic heterocycles. The van der Waals surface area contributed by atoms with Crippen molar-refractivity contribution in [3.63, 3.8) is 0 Å². The topological polar surface area (TPSA) is 33.4 Å². The number of nitrogens with zero attached hydrogens (tertiary/aromatic N) is 4. The third-order valence-corrected chi connectivity index (χ3v) is 4.73. The van der Waals surface area contributed by atoms with Crippen LogP contribution in [0.1, 0.15) is 25.3 Å². The van der Waals surface area contributed by atoms with Crippen molar-refractivity contribution in [2.45, 2.75) is 19.8 Å². The van der Waals surface area contributed by atoms with Crippen LogP contribution >= 0.6 is 0 Å². The molecule has 0 bridgehead atoms. The van der Waals surface area contributed by atoms with E-state index in [1.807, 2.05) is 24.4 Å². The van der Waals surface area contributed by atoms with Gasteiger partial charge in [-0.05, 0) is 23.1 Å². The van der Waals surface area contributed by atoms with Gasteiger partial charge in [-0.1, -0.05) is 50.2 Å². The molecule has 4 rings (SSSR count). The SMILES string of the molecule is CC1(C)CN(c2nnc3ccccn23)C[C@@H]1c1ccccc1. The molecule has 3 heterocycles. The Kier molecular flexibility index (Phi) is 2.93. The van der Waals surface area contributed by atoms with Gasteiger partial charge < -0.3 is 4.90 Å². The third-order valence-electron chi connectivity index (χ3n) is 4.73. The maximum atomic E-state index is 4.41. The second kappa shape index (κ2) is 4.83. The van der Waals surface area contributed by atoms with E-state index in [4.69, 9.17) is 0 Å². The highest BCUT2D eigenvalue weighted by Crippen LogP contribution is 2.43. The Hall–Kier alpha value is -2.36. The Morgan fingerprint density at radius 2 is 1.77 bits per heavy atom. The van der Waals surface area contributed by atoms with Gasteiger partial charge in [0.05, 0.1) is 0 Å². The van der Waals surface area contributed by atoms with Crippen LogP contribution < -0.4 is 4.90 Å². The molecule has 3 aromatic rings. The molecular formula is C18H20N4. The van der Waals surface area contributed by atoms with Gasteiger partial charge in [0, 0.05) is 25.2 Å². The van der Waals surface area contributed by atoms with Crippen molar-refractivity contribution < 1.29 is 0 Å². The van der Waals surface area contributed by atoms with Gasteiger partial charge in [0.25, 0.3) is 0 Å². The minimum Gasteiger partial charge on any atom is -0.339 e. The fourth-order valence-corrected chi connectivity index (χ4v) is 3.57. The zero-order valence-electron chi connectivity index (χ0n) is 13.0. The van der Waals surface area contributed by atoms with E-state index >= 15 is 0 Å². The monoisotopic (exact) mass is 292 g/mol. The summed E-state index contributed by atoms with van der Waals surface area (Å²) in [6.45, 7) is 6.65. The Bertz CT molecular complexity index is 791. The average molecular weight is 292 g/mol. The molecule has 0 saturated carbocycles. The summed E-state index contributed by atoms with van der Waals surface area (Å²) in [5.74, 6) is 1.45. The van der Waals surface area contributed by atoms with Crippen LogP contribution in [0.4, 0.5) is 5.95 Å². The second-order valence-electron chi connectivity index (χ2n) is 6.76. The first-order chi connectivity index (χ1) is 10.6. The lowest BCUT2D eigenvalue weighted by Gasteiger charge is -2.25. The molecule has 1 aliphatic rings. The Morgan fingerprint density at radius 3 is 2.59 bits per heavy atom. The molecule has 0 aliphatic carbocycles. The molecule has 2 aromatic heterocycles. The smallest absolute Gasteiger partial charge is 0.231 e. The number of anilines is 1. The lowest BCUT2D eigenvalue weighted by atomic mass is 9.78. The van der Waals surface area contributed by atoms with Crippen molar-refractivity contribution >= 4 is 11.6 Å². The first-order valence-electron chi connectivity index (χ1n) is 7.75. The zero-order valence-corrected chi connectivity index (χ0v) is 13.0. The lowest BCUT2D eigenvalue weighted by molar-refractivity contribution is 0.365. The van der Waals surface area contributed by atoms with E-state index < -0.39 is 0 Å². The molecule has 0 spiro atoms. The van der Waals surface area contributed by atoms with Crippen LogP contribution in [0.5, 0.6) is 0 Å². The fourth-order valence-electron chi connectivity index (χ4n) is 3.57. The summed E-state index contributed by atoms with van der Waals surface area (Å²) in [7, 11) is 0. The van der Waals surface area contributed by atoms with Gasteiger partial charge in [-0.25, -0.2) is 0 Å². The van der Waals surface area contributed by atoms with Gasteiger partial charge in [-0.3, -0.25) is 4.40 Å². The number of hydrogen-bond donors (Lipinski definition) is 0. The molecule has 1 aromatic carbocycles. The van der Waals surface area contributed by atoms with Gasteiger partial charge in [0.2, 0.25) is 5.95 Å². The molecule has 22 heavy (non-hydrogen) atoms. The van der Waals surface area contributed by atoms with Crippen molar-refractivity contribution in [3.05, 3.63) is 60.3 Å². The molecule has 0 unspecified atom stereocenters. The van der Waals surface area contributed by atoms with Crippen LogP contribution in [0.3, 0.4) is 0 Å². The third kappa shape index (κ3) is 2.06. The molecular weight excluding hydrogens is 272 g/mol. The number of hydrogen-bond acceptors (Lipinski definition) is 3. The summed E-state index contributed by atoms with van der Waals surface area (Å²) in [5, 5.41) is 8.69. The summed E-state index contributed by atoms with van der Waals surface area (Å²) in [5.41, 5.74) is 2.52. The highest BCUT2D eigenvalue weighted by Gasteiger charge is 2.41. The normalized spacial score (nSPS) is 20.6. The molecule has 1 fully saturated rings. The number of pyridine rings is 1. The van der Waals surface area contributed by atoms with Crippen LogP contribution in [0, 0.1) is 5.41 Å². The first-order valence-corrected chi connectivity index (χ1v) is 7.75. The highest BCUT2D eigenvalue weighted by molar-refractivity contribution is 5.48. The van der Waals surface area contributed by atoms with E-state index in [0.29, 0.717) is 5.92 Å². The van der Waals surface area contributed by atoms with Crippen molar-refractivity contribution in [2.75, 3.05) is 18.0 Å². The summed E-state index contributed by atoms with van der Waals surface area (Å²) < 4.78 is 2.07. The predicted molar refractivity (Wildman–Crippen MR) is 88.2 cm³/mol. The van der Waals surface area contributed by atoms with Gasteiger partial charge in [0.15, 0.2) is 5.65 Å². The van der Waals surface area contributed by atoms with Crippen LogP contribution in [0.2, 0.25) is 0 Å². The van der Waals surface area contributed by atoms with Crippen LogP contribution in [-0.2, 0) is 0 Å². The molecule has 4 heteroatoms. The van der Waals surface area contributed by atoms with Gasteiger partial charge in [0.1, 0.15) is 0 Å². The van der Waals surface area contributed by atoms with Crippen molar-refractivity contribution in [1.29, 1.82) is 0 Å². The van der Waals surface area contributed by atoms with E-state index in [9.17, 15) is 0 Å². The highest BCUT2D eigenvalue weighted by atomic mass is 15.4. The van der Waals surface area contributed by atoms with Gasteiger partial charge >= 0.3 is 0 Å². The number of fused-ring (bicyclic) bond motifs is 1. The van der Waals surface area contributed by atoms with Crippen molar-refractivity contribution in [2.24, 2.45) is 5.41 Å². The van der Waals surface area contributed by atoms with E-state index in [2.05, 4.69) is 63.7 Å². The number of rotatable bonds is 2. The predicted octanol–water partition coefficient (Wildman–Crippen LogP) is 3.36. The first kappa shape index (κ1) is 13.3. The summed E-state index contributed by atoms with van der Waals surface area (Å²) in [6.07, 6.45) is 2.04. The Morgan fingerprint density at radius 1 is 1.00 bits per heavy atom. The number of benzene rings is 1. The van der Waals surface area contributed by atoms with Gasteiger partial charge in [-0.2, -0.15) is 0 Å². The Labute approximate surface area is 130 Å². The fraction of sp³-hybridized carbons (Fsp3) is 0.333. The maximum Gasteiger partial charge on any atom is 0.231 e. The second-order valence-corrected chi connectivity index (χ2v) is 6.76. The van der Waals surface area contributed by atoms with E-state index in [1.54, 1.807) is 0 Å². The molecule has 0 N–H and O–H groups in total. The van der Waals surface area contributed by atoms with Crippen LogP contribution in [0.25, 0.3) is 5.65 Å².